The van der Waals surface area contributed by atoms with Gasteiger partial charge in [0, 0.05) is 33.3 Å². The molecule has 96 valence electrons. The number of nitrogens with one attached hydrogen (secondary N) is 1. The molecule has 5 heteroatoms. The molecule has 0 bridgehead atoms. The molecule has 0 atom stereocenters. The zero-order chi connectivity index (χ0) is 12.5. The topological polar surface area (TPSA) is 50.3 Å². The van der Waals surface area contributed by atoms with Crippen molar-refractivity contribution in [3.63, 3.8) is 0 Å². The van der Waals surface area contributed by atoms with Gasteiger partial charge in [-0.2, -0.15) is 0 Å². The van der Waals surface area contributed by atoms with Gasteiger partial charge < -0.3 is 15.0 Å². The van der Waals surface area contributed by atoms with Crippen LogP contribution in [0, 0.1) is 0 Å². The lowest BCUT2D eigenvalue weighted by atomic mass is 10.3. The average molecular weight is 238 g/mol. The molecule has 0 fully saturated rings. The first-order chi connectivity index (χ1) is 8.27. The molecule has 0 saturated heterocycles. The fraction of sp³-hybridized carbons (Fsp3) is 0.667. The summed E-state index contributed by atoms with van der Waals surface area (Å²) in [4.78, 5) is 10.6. The third-order valence-electron chi connectivity index (χ3n) is 2.50. The maximum Gasteiger partial charge on any atom is 0.133 e. The quantitative estimate of drug-likeness (QED) is 0.699. The van der Waals surface area contributed by atoms with E-state index in [1.165, 1.54) is 12.8 Å². The van der Waals surface area contributed by atoms with E-state index in [9.17, 15) is 0 Å². The number of aromatic nitrogens is 2. The Morgan fingerprint density at radius 2 is 2.24 bits per heavy atom. The van der Waals surface area contributed by atoms with Gasteiger partial charge in [0.2, 0.25) is 0 Å². The lowest BCUT2D eigenvalue weighted by Gasteiger charge is -2.18. The van der Waals surface area contributed by atoms with Crippen LogP contribution >= 0.6 is 0 Å². The van der Waals surface area contributed by atoms with Gasteiger partial charge >= 0.3 is 0 Å². The molecule has 0 aliphatic heterocycles. The molecule has 0 aliphatic carbocycles. The molecule has 0 aromatic carbocycles. The minimum absolute atomic E-state index is 0.672. The fourth-order valence-electron chi connectivity index (χ4n) is 1.44. The summed E-state index contributed by atoms with van der Waals surface area (Å²) in [5.74, 6) is 1.80. The second-order valence-corrected chi connectivity index (χ2v) is 3.96. The Kier molecular flexibility index (Phi) is 6.32. The highest BCUT2D eigenvalue weighted by Crippen LogP contribution is 2.12. The van der Waals surface area contributed by atoms with Gasteiger partial charge in [0.15, 0.2) is 0 Å². The smallest absolute Gasteiger partial charge is 0.133 e. The van der Waals surface area contributed by atoms with Crippen molar-refractivity contribution in [1.82, 2.24) is 9.97 Å². The molecule has 0 saturated carbocycles. The van der Waals surface area contributed by atoms with E-state index in [1.54, 1.807) is 13.4 Å². The Balaban J connectivity index is 2.52. The Labute approximate surface area is 103 Å². The third-order valence-corrected chi connectivity index (χ3v) is 2.50. The normalized spacial score (nSPS) is 10.3. The van der Waals surface area contributed by atoms with Crippen LogP contribution in [0.3, 0.4) is 0 Å². The van der Waals surface area contributed by atoms with Crippen molar-refractivity contribution in [2.75, 3.05) is 44.1 Å². The van der Waals surface area contributed by atoms with E-state index in [4.69, 9.17) is 4.74 Å². The number of hydrogen-bond donors (Lipinski definition) is 1. The van der Waals surface area contributed by atoms with Crippen molar-refractivity contribution >= 4 is 11.6 Å². The van der Waals surface area contributed by atoms with Gasteiger partial charge in [0.1, 0.15) is 18.0 Å². The van der Waals surface area contributed by atoms with Gasteiger partial charge in [-0.1, -0.05) is 13.3 Å². The van der Waals surface area contributed by atoms with Crippen LogP contribution < -0.4 is 10.2 Å². The van der Waals surface area contributed by atoms with E-state index in [2.05, 4.69) is 34.2 Å². The highest BCUT2D eigenvalue weighted by molar-refractivity contribution is 5.47. The Morgan fingerprint density at radius 3 is 2.94 bits per heavy atom. The zero-order valence-corrected chi connectivity index (χ0v) is 10.9. The van der Waals surface area contributed by atoms with E-state index in [0.29, 0.717) is 6.61 Å². The van der Waals surface area contributed by atoms with E-state index < -0.39 is 0 Å². The third kappa shape index (κ3) is 4.99. The van der Waals surface area contributed by atoms with Crippen LogP contribution in [0.1, 0.15) is 19.8 Å². The number of hydrogen-bond acceptors (Lipinski definition) is 5. The van der Waals surface area contributed by atoms with Crippen molar-refractivity contribution in [3.05, 3.63) is 12.4 Å². The van der Waals surface area contributed by atoms with Gasteiger partial charge in [-0.25, -0.2) is 9.97 Å². The molecule has 0 spiro atoms. The number of rotatable bonds is 8. The van der Waals surface area contributed by atoms with Crippen molar-refractivity contribution in [3.8, 4) is 0 Å². The monoisotopic (exact) mass is 238 g/mol. The lowest BCUT2D eigenvalue weighted by Crippen LogP contribution is -2.20. The predicted molar refractivity (Wildman–Crippen MR) is 70.6 cm³/mol. The van der Waals surface area contributed by atoms with E-state index >= 15 is 0 Å². The summed E-state index contributed by atoms with van der Waals surface area (Å²) in [5, 5.41) is 3.19. The first-order valence-corrected chi connectivity index (χ1v) is 6.04. The summed E-state index contributed by atoms with van der Waals surface area (Å²) in [5.41, 5.74) is 0. The van der Waals surface area contributed by atoms with Crippen LogP contribution in [0.4, 0.5) is 11.6 Å². The van der Waals surface area contributed by atoms with Crippen molar-refractivity contribution < 1.29 is 4.74 Å². The molecule has 1 aromatic heterocycles. The summed E-state index contributed by atoms with van der Waals surface area (Å²) in [6.07, 6.45) is 3.95. The Bertz CT molecular complexity index is 319. The van der Waals surface area contributed by atoms with E-state index in [0.717, 1.165) is 24.7 Å². The van der Waals surface area contributed by atoms with Gasteiger partial charge in [-0.05, 0) is 6.42 Å². The van der Waals surface area contributed by atoms with Crippen molar-refractivity contribution in [2.24, 2.45) is 0 Å². The van der Waals surface area contributed by atoms with Crippen LogP contribution in [0.5, 0.6) is 0 Å². The highest BCUT2D eigenvalue weighted by atomic mass is 16.5. The van der Waals surface area contributed by atoms with Gasteiger partial charge in [0.25, 0.3) is 0 Å². The van der Waals surface area contributed by atoms with Crippen molar-refractivity contribution in [2.45, 2.75) is 19.8 Å². The molecule has 1 aromatic rings. The summed E-state index contributed by atoms with van der Waals surface area (Å²) >= 11 is 0. The second-order valence-electron chi connectivity index (χ2n) is 3.96. The number of unbranched alkanes of at least 4 members (excludes halogenated alkanes) is 1. The molecule has 0 radical (unpaired) electrons. The van der Waals surface area contributed by atoms with Crippen LogP contribution in [0.2, 0.25) is 0 Å². The average Bonchev–Trinajstić information content (AvgIpc) is 2.36. The first kappa shape index (κ1) is 13.7. The van der Waals surface area contributed by atoms with E-state index in [-0.39, 0.29) is 0 Å². The second kappa shape index (κ2) is 7.84. The lowest BCUT2D eigenvalue weighted by molar-refractivity contribution is 0.210. The van der Waals surface area contributed by atoms with Crippen LogP contribution in [0.15, 0.2) is 12.4 Å². The molecule has 1 heterocycles. The van der Waals surface area contributed by atoms with Crippen molar-refractivity contribution in [1.29, 1.82) is 0 Å². The van der Waals surface area contributed by atoms with E-state index in [1.807, 2.05) is 6.07 Å². The molecule has 5 nitrogen and oxygen atoms in total. The minimum Gasteiger partial charge on any atom is -0.383 e. The Hall–Kier alpha value is -1.36. The highest BCUT2D eigenvalue weighted by Gasteiger charge is 2.03. The van der Waals surface area contributed by atoms with Gasteiger partial charge in [0.05, 0.1) is 6.61 Å². The molecule has 17 heavy (non-hydrogen) atoms. The Morgan fingerprint density at radius 1 is 1.41 bits per heavy atom. The number of nitrogens with zero attached hydrogens (tertiary/aromatic N) is 3. The summed E-state index contributed by atoms with van der Waals surface area (Å²) in [6.45, 7) is 4.63. The first-order valence-electron chi connectivity index (χ1n) is 6.04. The largest absolute Gasteiger partial charge is 0.383 e. The molecule has 1 N–H and O–H groups in total. The van der Waals surface area contributed by atoms with Crippen LogP contribution in [-0.4, -0.2) is 43.8 Å². The number of ether oxygens (including phenoxy) is 1. The minimum atomic E-state index is 0.672. The van der Waals surface area contributed by atoms with Gasteiger partial charge in [-0.15, -0.1) is 0 Å². The molecule has 0 unspecified atom stereocenters. The fourth-order valence-corrected chi connectivity index (χ4v) is 1.44. The molecular formula is C12H22N4O. The number of methoxy groups -OCH3 is 1. The molecule has 0 aliphatic rings. The zero-order valence-electron chi connectivity index (χ0n) is 10.9. The van der Waals surface area contributed by atoms with Gasteiger partial charge in [-0.3, -0.25) is 0 Å². The number of anilines is 2. The summed E-state index contributed by atoms with van der Waals surface area (Å²) < 4.78 is 4.98. The summed E-state index contributed by atoms with van der Waals surface area (Å²) in [6, 6.07) is 1.96. The predicted octanol–water partition coefficient (Wildman–Crippen LogP) is 1.77. The van der Waals surface area contributed by atoms with Crippen LogP contribution in [0.25, 0.3) is 0 Å². The molecule has 0 amide bonds. The standard InChI is InChI=1S/C12H22N4O/c1-4-5-7-16(2)12-9-11(14-10-15-12)13-6-8-17-3/h9-10H,4-8H2,1-3H3,(H,13,14,15). The van der Waals surface area contributed by atoms with Crippen LogP contribution in [-0.2, 0) is 4.74 Å². The maximum absolute atomic E-state index is 4.98. The SMILES string of the molecule is CCCCN(C)c1cc(NCCOC)ncn1. The molecule has 1 rings (SSSR count). The molecular weight excluding hydrogens is 216 g/mol. The summed E-state index contributed by atoms with van der Waals surface area (Å²) in [7, 11) is 3.74. The maximum atomic E-state index is 4.98.